The van der Waals surface area contributed by atoms with Crippen LogP contribution < -0.4 is 0 Å². The van der Waals surface area contributed by atoms with E-state index in [1.807, 2.05) is 0 Å². The predicted molar refractivity (Wildman–Crippen MR) is 60.2 cm³/mol. The lowest BCUT2D eigenvalue weighted by Gasteiger charge is -2.10. The molecule has 0 radical (unpaired) electrons. The fourth-order valence-corrected chi connectivity index (χ4v) is 2.47. The summed E-state index contributed by atoms with van der Waals surface area (Å²) < 4.78 is 37.1. The molecule has 1 N–H and O–H groups in total. The number of benzene rings is 1. The molecular weight excluding hydrogens is 247 g/mol. The first-order valence-corrected chi connectivity index (χ1v) is 6.24. The van der Waals surface area contributed by atoms with Crippen LogP contribution in [-0.4, -0.2) is 24.7 Å². The van der Waals surface area contributed by atoms with Gasteiger partial charge < -0.3 is 5.11 Å². The highest BCUT2D eigenvalue weighted by molar-refractivity contribution is 7.92. The van der Waals surface area contributed by atoms with Crippen molar-refractivity contribution in [3.8, 4) is 0 Å². The predicted octanol–water partition coefficient (Wildman–Crippen LogP) is 1.87. The Bertz CT molecular complexity index is 563. The minimum Gasteiger partial charge on any atom is -0.478 e. The van der Waals surface area contributed by atoms with Gasteiger partial charge in [0.2, 0.25) is 0 Å². The number of rotatable bonds is 4. The van der Waals surface area contributed by atoms with Crippen molar-refractivity contribution in [1.82, 2.24) is 0 Å². The van der Waals surface area contributed by atoms with Gasteiger partial charge in [-0.3, -0.25) is 0 Å². The summed E-state index contributed by atoms with van der Waals surface area (Å²) in [6.45, 7) is 4.66. The fraction of sp³-hybridized carbons (Fsp3) is 0.182. The van der Waals surface area contributed by atoms with Gasteiger partial charge in [-0.1, -0.05) is 6.08 Å². The lowest BCUT2D eigenvalue weighted by Crippen LogP contribution is -2.17. The van der Waals surface area contributed by atoms with E-state index in [1.165, 1.54) is 6.92 Å². The lowest BCUT2D eigenvalue weighted by molar-refractivity contribution is 0.0696. The van der Waals surface area contributed by atoms with Gasteiger partial charge in [-0.15, -0.1) is 6.58 Å². The second-order valence-corrected chi connectivity index (χ2v) is 5.71. The molecule has 1 unspecified atom stereocenters. The van der Waals surface area contributed by atoms with Crippen LogP contribution in [0.4, 0.5) is 4.39 Å². The van der Waals surface area contributed by atoms with Crippen molar-refractivity contribution in [2.75, 3.05) is 0 Å². The number of carboxylic acids is 1. The van der Waals surface area contributed by atoms with E-state index in [-0.39, 0.29) is 5.56 Å². The Morgan fingerprint density at radius 2 is 2.12 bits per heavy atom. The van der Waals surface area contributed by atoms with E-state index in [1.54, 1.807) is 0 Å². The van der Waals surface area contributed by atoms with Gasteiger partial charge in [0, 0.05) is 0 Å². The Balaban J connectivity index is 3.45. The van der Waals surface area contributed by atoms with Crippen molar-refractivity contribution in [3.05, 3.63) is 42.2 Å². The summed E-state index contributed by atoms with van der Waals surface area (Å²) in [5.74, 6) is -2.28. The van der Waals surface area contributed by atoms with Gasteiger partial charge in [0.25, 0.3) is 0 Å². The molecule has 1 aromatic carbocycles. The first kappa shape index (κ1) is 13.4. The Morgan fingerprint density at radius 1 is 1.53 bits per heavy atom. The van der Waals surface area contributed by atoms with Crippen LogP contribution in [0.3, 0.4) is 0 Å². The number of halogens is 1. The molecule has 0 aliphatic carbocycles. The third-order valence-corrected chi connectivity index (χ3v) is 4.40. The molecule has 1 aromatic rings. The Labute approximate surface area is 98.3 Å². The molecule has 1 atom stereocenters. The van der Waals surface area contributed by atoms with Crippen molar-refractivity contribution in [2.45, 2.75) is 17.1 Å². The Kier molecular flexibility index (Phi) is 3.67. The molecule has 92 valence electrons. The molecule has 0 spiro atoms. The summed E-state index contributed by atoms with van der Waals surface area (Å²) in [7, 11) is -3.93. The normalized spacial score (nSPS) is 13.1. The summed E-state index contributed by atoms with van der Waals surface area (Å²) >= 11 is 0. The highest BCUT2D eigenvalue weighted by Gasteiger charge is 2.25. The smallest absolute Gasteiger partial charge is 0.335 e. The third-order valence-electron chi connectivity index (χ3n) is 2.31. The number of hydrogen-bond donors (Lipinski definition) is 1. The standard InChI is InChI=1S/C11H11FO4S/c1-3-7(2)17(15,16)10-6-8(11(13)14)4-5-9(10)12/h3-7H,1H2,2H3,(H,13,14). The van der Waals surface area contributed by atoms with E-state index in [0.29, 0.717) is 0 Å². The van der Waals surface area contributed by atoms with Crippen LogP contribution in [-0.2, 0) is 9.84 Å². The van der Waals surface area contributed by atoms with Crippen LogP contribution >= 0.6 is 0 Å². The molecule has 0 heterocycles. The van der Waals surface area contributed by atoms with Gasteiger partial charge in [-0.05, 0) is 25.1 Å². The summed E-state index contributed by atoms with van der Waals surface area (Å²) in [5, 5.41) is 7.74. The van der Waals surface area contributed by atoms with E-state index in [4.69, 9.17) is 5.11 Å². The molecule has 6 heteroatoms. The van der Waals surface area contributed by atoms with E-state index < -0.39 is 31.8 Å². The van der Waals surface area contributed by atoms with Gasteiger partial charge in [-0.25, -0.2) is 17.6 Å². The first-order valence-electron chi connectivity index (χ1n) is 4.70. The summed E-state index contributed by atoms with van der Waals surface area (Å²) in [4.78, 5) is 10.1. The summed E-state index contributed by atoms with van der Waals surface area (Å²) in [5.41, 5.74) is -0.277. The highest BCUT2D eigenvalue weighted by atomic mass is 32.2. The van der Waals surface area contributed by atoms with Crippen LogP contribution in [0.2, 0.25) is 0 Å². The molecule has 0 saturated heterocycles. The van der Waals surface area contributed by atoms with Crippen molar-refractivity contribution >= 4 is 15.8 Å². The van der Waals surface area contributed by atoms with Gasteiger partial charge in [0.05, 0.1) is 10.8 Å². The maximum atomic E-state index is 13.4. The zero-order valence-corrected chi connectivity index (χ0v) is 9.87. The third kappa shape index (κ3) is 2.52. The molecule has 0 aliphatic heterocycles. The monoisotopic (exact) mass is 258 g/mol. The van der Waals surface area contributed by atoms with Crippen LogP contribution in [0.5, 0.6) is 0 Å². The largest absolute Gasteiger partial charge is 0.478 e. The lowest BCUT2D eigenvalue weighted by atomic mass is 10.2. The topological polar surface area (TPSA) is 71.4 Å². The minimum absolute atomic E-state index is 0.277. The average molecular weight is 258 g/mol. The number of sulfone groups is 1. The number of hydrogen-bond acceptors (Lipinski definition) is 3. The molecule has 1 rings (SSSR count). The maximum absolute atomic E-state index is 13.4. The maximum Gasteiger partial charge on any atom is 0.335 e. The number of carbonyl (C=O) groups is 1. The van der Waals surface area contributed by atoms with E-state index in [0.717, 1.165) is 24.3 Å². The molecular formula is C11H11FO4S. The summed E-state index contributed by atoms with van der Waals surface area (Å²) in [6, 6.07) is 2.65. The fourth-order valence-electron chi connectivity index (χ4n) is 1.18. The second kappa shape index (κ2) is 4.67. The zero-order chi connectivity index (χ0) is 13.2. The molecule has 4 nitrogen and oxygen atoms in total. The van der Waals surface area contributed by atoms with E-state index in [9.17, 15) is 17.6 Å². The average Bonchev–Trinajstić information content (AvgIpc) is 2.27. The van der Waals surface area contributed by atoms with Gasteiger partial charge in [-0.2, -0.15) is 0 Å². The molecule has 0 fully saturated rings. The van der Waals surface area contributed by atoms with Crippen molar-refractivity contribution in [2.24, 2.45) is 0 Å². The molecule has 0 bridgehead atoms. The van der Waals surface area contributed by atoms with Crippen LogP contribution in [0.15, 0.2) is 35.7 Å². The second-order valence-electron chi connectivity index (χ2n) is 3.44. The molecule has 0 saturated carbocycles. The summed E-state index contributed by atoms with van der Waals surface area (Å²) in [6.07, 6.45) is 1.15. The van der Waals surface area contributed by atoms with Crippen molar-refractivity contribution in [1.29, 1.82) is 0 Å². The quantitative estimate of drug-likeness (QED) is 0.837. The first-order chi connectivity index (χ1) is 7.80. The highest BCUT2D eigenvalue weighted by Crippen LogP contribution is 2.21. The van der Waals surface area contributed by atoms with Gasteiger partial charge in [0.15, 0.2) is 9.84 Å². The van der Waals surface area contributed by atoms with Crippen LogP contribution in [0.1, 0.15) is 17.3 Å². The van der Waals surface area contributed by atoms with Gasteiger partial charge >= 0.3 is 5.97 Å². The number of aromatic carboxylic acids is 1. The molecule has 0 aromatic heterocycles. The van der Waals surface area contributed by atoms with E-state index in [2.05, 4.69) is 6.58 Å². The molecule has 17 heavy (non-hydrogen) atoms. The van der Waals surface area contributed by atoms with Gasteiger partial charge in [0.1, 0.15) is 10.7 Å². The van der Waals surface area contributed by atoms with Crippen LogP contribution in [0, 0.1) is 5.82 Å². The molecule has 0 aliphatic rings. The SMILES string of the molecule is C=CC(C)S(=O)(=O)c1cc(C(=O)O)ccc1F. The van der Waals surface area contributed by atoms with E-state index >= 15 is 0 Å². The van der Waals surface area contributed by atoms with Crippen molar-refractivity contribution < 1.29 is 22.7 Å². The zero-order valence-electron chi connectivity index (χ0n) is 9.05. The number of carboxylic acid groups (broad SMARTS) is 1. The molecule has 0 amide bonds. The Hall–Kier alpha value is -1.69. The van der Waals surface area contributed by atoms with Crippen molar-refractivity contribution in [3.63, 3.8) is 0 Å². The van der Waals surface area contributed by atoms with Crippen LogP contribution in [0.25, 0.3) is 0 Å². The Morgan fingerprint density at radius 3 is 2.59 bits per heavy atom. The minimum atomic E-state index is -3.93.